The van der Waals surface area contributed by atoms with Gasteiger partial charge in [0.2, 0.25) is 0 Å². The molecule has 0 aliphatic rings. The standard InChI is InChI=1S/C9H6ClFN4/c10-8-9(12)14-4-7(15-8)6-2-1-5(11)3-13-6/h1-4H,(H2,12,14). The van der Waals surface area contributed by atoms with E-state index in [0.717, 1.165) is 6.20 Å². The maximum Gasteiger partial charge on any atom is 0.171 e. The lowest BCUT2D eigenvalue weighted by Crippen LogP contribution is -1.96. The van der Waals surface area contributed by atoms with Gasteiger partial charge in [0.15, 0.2) is 11.0 Å². The molecule has 15 heavy (non-hydrogen) atoms. The van der Waals surface area contributed by atoms with Crippen LogP contribution in [0.2, 0.25) is 5.15 Å². The van der Waals surface area contributed by atoms with Crippen molar-refractivity contribution in [1.82, 2.24) is 15.0 Å². The molecular weight excluding hydrogens is 219 g/mol. The maximum absolute atomic E-state index is 12.6. The molecule has 6 heteroatoms. The summed E-state index contributed by atoms with van der Waals surface area (Å²) < 4.78 is 12.6. The number of aromatic nitrogens is 3. The highest BCUT2D eigenvalue weighted by Crippen LogP contribution is 2.18. The first-order chi connectivity index (χ1) is 7.16. The topological polar surface area (TPSA) is 64.7 Å². The average Bonchev–Trinajstić information content (AvgIpc) is 2.23. The van der Waals surface area contributed by atoms with Gasteiger partial charge in [0.05, 0.1) is 18.1 Å². The van der Waals surface area contributed by atoms with Crippen LogP contribution in [0.3, 0.4) is 0 Å². The van der Waals surface area contributed by atoms with Gasteiger partial charge in [-0.15, -0.1) is 0 Å². The van der Waals surface area contributed by atoms with Gasteiger partial charge < -0.3 is 5.73 Å². The fourth-order valence-corrected chi connectivity index (χ4v) is 1.17. The van der Waals surface area contributed by atoms with Crippen LogP contribution in [0.25, 0.3) is 11.4 Å². The van der Waals surface area contributed by atoms with E-state index in [1.807, 2.05) is 0 Å². The van der Waals surface area contributed by atoms with Crippen LogP contribution in [0.4, 0.5) is 10.2 Å². The average molecular weight is 225 g/mol. The molecule has 0 unspecified atom stereocenters. The molecule has 0 saturated heterocycles. The van der Waals surface area contributed by atoms with Crippen molar-refractivity contribution in [3.8, 4) is 11.4 Å². The van der Waals surface area contributed by atoms with Gasteiger partial charge in [-0.25, -0.2) is 14.4 Å². The Balaban J connectivity index is 2.45. The zero-order chi connectivity index (χ0) is 10.8. The number of hydrogen-bond acceptors (Lipinski definition) is 4. The lowest BCUT2D eigenvalue weighted by atomic mass is 10.3. The van der Waals surface area contributed by atoms with Crippen molar-refractivity contribution in [2.45, 2.75) is 0 Å². The highest BCUT2D eigenvalue weighted by Gasteiger charge is 2.05. The largest absolute Gasteiger partial charge is 0.381 e. The number of pyridine rings is 1. The van der Waals surface area contributed by atoms with Gasteiger partial charge in [-0.2, -0.15) is 0 Å². The molecule has 0 aliphatic heterocycles. The third kappa shape index (κ3) is 2.02. The van der Waals surface area contributed by atoms with E-state index in [0.29, 0.717) is 11.4 Å². The third-order valence-electron chi connectivity index (χ3n) is 1.75. The van der Waals surface area contributed by atoms with Gasteiger partial charge in [-0.05, 0) is 12.1 Å². The Hall–Kier alpha value is -1.75. The van der Waals surface area contributed by atoms with Crippen LogP contribution in [0, 0.1) is 5.82 Å². The molecule has 0 atom stereocenters. The molecule has 0 aliphatic carbocycles. The second kappa shape index (κ2) is 3.78. The van der Waals surface area contributed by atoms with Gasteiger partial charge in [-0.3, -0.25) is 4.98 Å². The first-order valence-electron chi connectivity index (χ1n) is 4.07. The van der Waals surface area contributed by atoms with E-state index in [-0.39, 0.29) is 11.0 Å². The Morgan fingerprint density at radius 2 is 1.93 bits per heavy atom. The predicted molar refractivity (Wildman–Crippen MR) is 54.6 cm³/mol. The van der Waals surface area contributed by atoms with Gasteiger partial charge in [0, 0.05) is 0 Å². The monoisotopic (exact) mass is 224 g/mol. The molecule has 2 rings (SSSR count). The summed E-state index contributed by atoms with van der Waals surface area (Å²) in [5, 5.41) is 0.110. The van der Waals surface area contributed by atoms with Crippen LogP contribution in [0.1, 0.15) is 0 Å². The minimum atomic E-state index is -0.409. The van der Waals surface area contributed by atoms with Gasteiger partial charge in [0.25, 0.3) is 0 Å². The van der Waals surface area contributed by atoms with E-state index < -0.39 is 5.82 Å². The molecule has 0 radical (unpaired) electrons. The second-order valence-electron chi connectivity index (χ2n) is 2.79. The minimum absolute atomic E-state index is 0.110. The number of rotatable bonds is 1. The lowest BCUT2D eigenvalue weighted by molar-refractivity contribution is 0.622. The minimum Gasteiger partial charge on any atom is -0.381 e. The van der Waals surface area contributed by atoms with Crippen LogP contribution >= 0.6 is 11.6 Å². The highest BCUT2D eigenvalue weighted by molar-refractivity contribution is 6.31. The van der Waals surface area contributed by atoms with Gasteiger partial charge in [-0.1, -0.05) is 11.6 Å². The fourth-order valence-electron chi connectivity index (χ4n) is 1.03. The summed E-state index contributed by atoms with van der Waals surface area (Å²) in [6.45, 7) is 0. The fraction of sp³-hybridized carbons (Fsp3) is 0. The summed E-state index contributed by atoms with van der Waals surface area (Å²) in [4.78, 5) is 11.6. The third-order valence-corrected chi connectivity index (χ3v) is 2.02. The summed E-state index contributed by atoms with van der Waals surface area (Å²) in [7, 11) is 0. The second-order valence-corrected chi connectivity index (χ2v) is 3.15. The summed E-state index contributed by atoms with van der Waals surface area (Å²) >= 11 is 5.69. The molecular formula is C9H6ClFN4. The van der Waals surface area contributed by atoms with E-state index in [2.05, 4.69) is 15.0 Å². The number of nitrogens with zero attached hydrogens (tertiary/aromatic N) is 3. The zero-order valence-corrected chi connectivity index (χ0v) is 8.24. The molecule has 4 nitrogen and oxygen atoms in total. The number of nitrogen functional groups attached to an aromatic ring is 1. The van der Waals surface area contributed by atoms with E-state index in [4.69, 9.17) is 17.3 Å². The number of nitrogens with two attached hydrogens (primary N) is 1. The molecule has 2 N–H and O–H groups in total. The molecule has 76 valence electrons. The Kier molecular flexibility index (Phi) is 2.47. The Morgan fingerprint density at radius 1 is 1.13 bits per heavy atom. The molecule has 2 aromatic rings. The quantitative estimate of drug-likeness (QED) is 0.804. The van der Waals surface area contributed by atoms with E-state index in [9.17, 15) is 4.39 Å². The molecule has 2 heterocycles. The summed E-state index contributed by atoms with van der Waals surface area (Å²) in [5.74, 6) is -0.254. The Labute approximate surface area is 90.0 Å². The molecule has 0 saturated carbocycles. The van der Waals surface area contributed by atoms with Crippen molar-refractivity contribution < 1.29 is 4.39 Å². The number of anilines is 1. The first kappa shape index (κ1) is 9.79. The number of hydrogen-bond donors (Lipinski definition) is 1. The van der Waals surface area contributed by atoms with E-state index in [1.165, 1.54) is 18.3 Å². The molecule has 0 amide bonds. The van der Waals surface area contributed by atoms with Crippen molar-refractivity contribution in [2.75, 3.05) is 5.73 Å². The first-order valence-corrected chi connectivity index (χ1v) is 4.44. The van der Waals surface area contributed by atoms with E-state index in [1.54, 1.807) is 0 Å². The Morgan fingerprint density at radius 3 is 2.53 bits per heavy atom. The van der Waals surface area contributed by atoms with Crippen molar-refractivity contribution in [2.24, 2.45) is 0 Å². The van der Waals surface area contributed by atoms with Crippen molar-refractivity contribution >= 4 is 17.4 Å². The SMILES string of the molecule is Nc1ncc(-c2ccc(F)cn2)nc1Cl. The van der Waals surface area contributed by atoms with Crippen molar-refractivity contribution in [3.63, 3.8) is 0 Å². The van der Waals surface area contributed by atoms with Crippen LogP contribution < -0.4 is 5.73 Å². The highest BCUT2D eigenvalue weighted by atomic mass is 35.5. The van der Waals surface area contributed by atoms with Crippen LogP contribution in [0.5, 0.6) is 0 Å². The van der Waals surface area contributed by atoms with Gasteiger partial charge in [0.1, 0.15) is 11.5 Å². The zero-order valence-electron chi connectivity index (χ0n) is 7.48. The van der Waals surface area contributed by atoms with Crippen molar-refractivity contribution in [3.05, 3.63) is 35.5 Å². The van der Waals surface area contributed by atoms with Crippen LogP contribution in [0.15, 0.2) is 24.5 Å². The maximum atomic E-state index is 12.6. The lowest BCUT2D eigenvalue weighted by Gasteiger charge is -2.01. The smallest absolute Gasteiger partial charge is 0.171 e. The summed E-state index contributed by atoms with van der Waals surface area (Å²) in [5.41, 5.74) is 6.35. The van der Waals surface area contributed by atoms with Crippen LogP contribution in [-0.2, 0) is 0 Å². The summed E-state index contributed by atoms with van der Waals surface area (Å²) in [6, 6.07) is 2.78. The molecule has 0 aromatic carbocycles. The molecule has 0 fully saturated rings. The molecule has 0 spiro atoms. The van der Waals surface area contributed by atoms with Crippen molar-refractivity contribution in [1.29, 1.82) is 0 Å². The van der Waals surface area contributed by atoms with Crippen LogP contribution in [-0.4, -0.2) is 15.0 Å². The Bertz CT molecular complexity index is 486. The normalized spacial score (nSPS) is 10.3. The van der Waals surface area contributed by atoms with Gasteiger partial charge >= 0.3 is 0 Å². The summed E-state index contributed by atoms with van der Waals surface area (Å²) in [6.07, 6.45) is 2.53. The van der Waals surface area contributed by atoms with E-state index >= 15 is 0 Å². The number of halogens is 2. The predicted octanol–water partition coefficient (Wildman–Crippen LogP) is 1.91. The molecule has 0 bridgehead atoms. The molecule has 2 aromatic heterocycles.